The summed E-state index contributed by atoms with van der Waals surface area (Å²) < 4.78 is 13.2. The molecule has 0 atom stereocenters. The Bertz CT molecular complexity index is 714. The molecule has 25 heavy (non-hydrogen) atoms. The first kappa shape index (κ1) is 20.0. The minimum absolute atomic E-state index is 0.0796. The highest BCUT2D eigenvalue weighted by atomic mass is 79.9. The summed E-state index contributed by atoms with van der Waals surface area (Å²) in [7, 11) is -2.01. The quantitative estimate of drug-likeness (QED) is 0.409. The minimum Gasteiger partial charge on any atom is -0.546 e. The van der Waals surface area contributed by atoms with Crippen molar-refractivity contribution in [2.24, 2.45) is 0 Å². The molecule has 3 nitrogen and oxygen atoms in total. The van der Waals surface area contributed by atoms with Crippen LogP contribution in [0.4, 0.5) is 0 Å². The first-order chi connectivity index (χ1) is 11.6. The molecule has 0 spiro atoms. The number of ketones is 1. The van der Waals surface area contributed by atoms with E-state index in [4.69, 9.17) is 9.16 Å². The summed E-state index contributed by atoms with van der Waals surface area (Å²) in [6.07, 6.45) is 2.85. The molecule has 0 saturated carbocycles. The summed E-state index contributed by atoms with van der Waals surface area (Å²) >= 11 is 3.53. The summed E-state index contributed by atoms with van der Waals surface area (Å²) in [5.41, 5.74) is 1.47. The standard InChI is InChI=1S/C20H27BrO3Si/c1-7-13-23-19-14(9-8-10-15(19)21)18-16(22)11-12-17(18)24-25(5,6)20(2,3)4/h7-10H,1,11-13H2,2-6H3. The van der Waals surface area contributed by atoms with Gasteiger partial charge >= 0.3 is 0 Å². The van der Waals surface area contributed by atoms with Crippen LogP contribution in [0.2, 0.25) is 18.1 Å². The van der Waals surface area contributed by atoms with Gasteiger partial charge in [-0.1, -0.05) is 45.6 Å². The summed E-state index contributed by atoms with van der Waals surface area (Å²) in [5.74, 6) is 1.61. The molecule has 1 aromatic rings. The van der Waals surface area contributed by atoms with Gasteiger partial charge in [0.1, 0.15) is 12.4 Å². The van der Waals surface area contributed by atoms with E-state index in [1.807, 2.05) is 18.2 Å². The molecule has 0 aromatic heterocycles. The topological polar surface area (TPSA) is 35.5 Å². The van der Waals surface area contributed by atoms with Crippen LogP contribution in [0.15, 0.2) is 41.1 Å². The zero-order valence-corrected chi connectivity index (χ0v) is 18.3. The predicted molar refractivity (Wildman–Crippen MR) is 109 cm³/mol. The SMILES string of the molecule is C=CCOc1c(Br)cccc1C1=C(O[Si](C)(C)C(C)(C)C)CCC1=O. The summed E-state index contributed by atoms with van der Waals surface area (Å²) in [5, 5.41) is 0.0796. The Kier molecular flexibility index (Phi) is 6.00. The van der Waals surface area contributed by atoms with Crippen molar-refractivity contribution in [1.29, 1.82) is 0 Å². The third kappa shape index (κ3) is 4.26. The van der Waals surface area contributed by atoms with Crippen LogP contribution in [0.25, 0.3) is 5.57 Å². The molecule has 0 N–H and O–H groups in total. The molecule has 0 bridgehead atoms. The fourth-order valence-electron chi connectivity index (χ4n) is 2.49. The second-order valence-corrected chi connectivity index (χ2v) is 13.4. The van der Waals surface area contributed by atoms with Gasteiger partial charge in [-0.2, -0.15) is 0 Å². The highest BCUT2D eigenvalue weighted by Crippen LogP contribution is 2.44. The molecule has 1 aliphatic rings. The van der Waals surface area contributed by atoms with Crippen molar-refractivity contribution in [3.8, 4) is 5.75 Å². The number of allylic oxidation sites excluding steroid dienone is 2. The van der Waals surface area contributed by atoms with Gasteiger partial charge in [0.2, 0.25) is 8.32 Å². The van der Waals surface area contributed by atoms with E-state index in [9.17, 15) is 4.79 Å². The molecule has 2 rings (SSSR count). The number of para-hydroxylation sites is 1. The minimum atomic E-state index is -2.01. The van der Waals surface area contributed by atoms with Gasteiger partial charge in [-0.25, -0.2) is 0 Å². The molecule has 0 heterocycles. The lowest BCUT2D eigenvalue weighted by atomic mass is 10.0. The maximum atomic E-state index is 12.6. The fraction of sp³-hybridized carbons (Fsp3) is 0.450. The number of halogens is 1. The number of rotatable bonds is 6. The van der Waals surface area contributed by atoms with Gasteiger partial charge in [-0.15, -0.1) is 0 Å². The lowest BCUT2D eigenvalue weighted by Gasteiger charge is -2.37. The van der Waals surface area contributed by atoms with Crippen LogP contribution in [0.3, 0.4) is 0 Å². The van der Waals surface area contributed by atoms with Crippen LogP contribution >= 0.6 is 15.9 Å². The van der Waals surface area contributed by atoms with Crippen molar-refractivity contribution in [3.05, 3.63) is 46.6 Å². The van der Waals surface area contributed by atoms with Gasteiger partial charge in [-0.3, -0.25) is 4.79 Å². The maximum absolute atomic E-state index is 12.6. The van der Waals surface area contributed by atoms with Crippen LogP contribution in [0.5, 0.6) is 5.75 Å². The number of carbonyl (C=O) groups is 1. The molecule has 0 saturated heterocycles. The van der Waals surface area contributed by atoms with Crippen molar-refractivity contribution in [2.45, 2.75) is 51.7 Å². The van der Waals surface area contributed by atoms with Crippen molar-refractivity contribution in [1.82, 2.24) is 0 Å². The average Bonchev–Trinajstić information content (AvgIpc) is 2.84. The van der Waals surface area contributed by atoms with Gasteiger partial charge in [-0.05, 0) is 40.1 Å². The number of hydrogen-bond donors (Lipinski definition) is 0. The van der Waals surface area contributed by atoms with Crippen LogP contribution in [-0.2, 0) is 9.22 Å². The van der Waals surface area contributed by atoms with Crippen molar-refractivity contribution >= 4 is 35.6 Å². The Balaban J connectivity index is 2.52. The van der Waals surface area contributed by atoms with Gasteiger partial charge in [0.05, 0.1) is 15.8 Å². The Morgan fingerprint density at radius 1 is 1.28 bits per heavy atom. The normalized spacial score (nSPS) is 15.5. The number of benzene rings is 1. The summed E-state index contributed by atoms with van der Waals surface area (Å²) in [6.45, 7) is 15.1. The molecular weight excluding hydrogens is 396 g/mol. The third-order valence-electron chi connectivity index (χ3n) is 4.90. The van der Waals surface area contributed by atoms with E-state index in [-0.39, 0.29) is 10.8 Å². The molecule has 5 heteroatoms. The smallest absolute Gasteiger partial charge is 0.250 e. The van der Waals surface area contributed by atoms with Gasteiger partial charge in [0, 0.05) is 18.4 Å². The number of hydrogen-bond acceptors (Lipinski definition) is 3. The lowest BCUT2D eigenvalue weighted by molar-refractivity contribution is -0.113. The van der Waals surface area contributed by atoms with Crippen LogP contribution < -0.4 is 4.74 Å². The van der Waals surface area contributed by atoms with E-state index < -0.39 is 8.32 Å². The first-order valence-electron chi connectivity index (χ1n) is 8.56. The van der Waals surface area contributed by atoms with Gasteiger partial charge in [0.15, 0.2) is 5.78 Å². The summed E-state index contributed by atoms with van der Waals surface area (Å²) in [6, 6.07) is 5.76. The summed E-state index contributed by atoms with van der Waals surface area (Å²) in [4.78, 5) is 12.6. The Hall–Kier alpha value is -1.33. The average molecular weight is 423 g/mol. The third-order valence-corrected chi connectivity index (χ3v) is 9.90. The molecule has 0 fully saturated rings. The highest BCUT2D eigenvalue weighted by molar-refractivity contribution is 9.10. The van der Waals surface area contributed by atoms with Crippen molar-refractivity contribution in [2.75, 3.05) is 6.61 Å². The predicted octanol–water partition coefficient (Wildman–Crippen LogP) is 6.11. The lowest BCUT2D eigenvalue weighted by Crippen LogP contribution is -2.40. The number of carbonyl (C=O) groups excluding carboxylic acids is 1. The zero-order valence-electron chi connectivity index (χ0n) is 15.7. The largest absolute Gasteiger partial charge is 0.546 e. The number of ether oxygens (including phenoxy) is 1. The van der Waals surface area contributed by atoms with Crippen LogP contribution in [0.1, 0.15) is 39.2 Å². The Morgan fingerprint density at radius 3 is 2.56 bits per heavy atom. The Labute approximate surface area is 160 Å². The van der Waals surface area contributed by atoms with Crippen molar-refractivity contribution < 1.29 is 14.0 Å². The molecule has 0 amide bonds. The molecule has 0 aliphatic heterocycles. The highest BCUT2D eigenvalue weighted by Gasteiger charge is 2.41. The Morgan fingerprint density at radius 2 is 1.96 bits per heavy atom. The van der Waals surface area contributed by atoms with Gasteiger partial charge < -0.3 is 9.16 Å². The van der Waals surface area contributed by atoms with E-state index in [0.29, 0.717) is 30.8 Å². The zero-order chi connectivity index (χ0) is 18.8. The fourth-order valence-corrected chi connectivity index (χ4v) is 4.10. The van der Waals surface area contributed by atoms with E-state index in [0.717, 1.165) is 15.8 Å². The molecular formula is C20H27BrO3Si. The molecule has 0 unspecified atom stereocenters. The first-order valence-corrected chi connectivity index (χ1v) is 12.3. The number of Topliss-reactive ketones (excluding diaryl/α,β-unsaturated/α-hetero) is 1. The van der Waals surface area contributed by atoms with Gasteiger partial charge in [0.25, 0.3) is 0 Å². The van der Waals surface area contributed by atoms with Crippen LogP contribution in [-0.4, -0.2) is 20.7 Å². The van der Waals surface area contributed by atoms with Crippen LogP contribution in [0, 0.1) is 0 Å². The monoisotopic (exact) mass is 422 g/mol. The van der Waals surface area contributed by atoms with E-state index in [1.54, 1.807) is 6.08 Å². The second-order valence-electron chi connectivity index (χ2n) is 7.80. The molecule has 136 valence electrons. The van der Waals surface area contributed by atoms with E-state index in [1.165, 1.54) is 0 Å². The molecule has 1 aliphatic carbocycles. The van der Waals surface area contributed by atoms with Crippen molar-refractivity contribution in [3.63, 3.8) is 0 Å². The molecule has 1 aromatic carbocycles. The van der Waals surface area contributed by atoms with E-state index in [2.05, 4.69) is 56.4 Å². The maximum Gasteiger partial charge on any atom is 0.250 e. The molecule has 0 radical (unpaired) electrons. The second kappa shape index (κ2) is 7.50. The van der Waals surface area contributed by atoms with E-state index >= 15 is 0 Å².